The minimum absolute atomic E-state index is 0.0445. The highest BCUT2D eigenvalue weighted by atomic mass is 19.1. The first kappa shape index (κ1) is 20.8. The summed E-state index contributed by atoms with van der Waals surface area (Å²) < 4.78 is 13.7. The van der Waals surface area contributed by atoms with E-state index in [0.29, 0.717) is 38.0 Å². The second kappa shape index (κ2) is 9.54. The molecule has 0 saturated carbocycles. The van der Waals surface area contributed by atoms with Gasteiger partial charge in [0.15, 0.2) is 0 Å². The standard InChI is InChI=1S/C23H28FN3O2/c1-3-25-23(29)27-15-19(22(28)26-14-17-7-5-4-6-8-17)10-12-21(27)18-9-11-20(24)16(2)13-18/h4-9,11,13,19,21H,3,10,12,14-15H2,1-2H3,(H,25,29)(H,26,28)/t19-,21+/m1/s1. The summed E-state index contributed by atoms with van der Waals surface area (Å²) in [7, 11) is 0. The lowest BCUT2D eigenvalue weighted by Gasteiger charge is -2.39. The monoisotopic (exact) mass is 397 g/mol. The minimum atomic E-state index is -0.265. The molecule has 1 aliphatic heterocycles. The Balaban J connectivity index is 1.71. The Morgan fingerprint density at radius 2 is 1.86 bits per heavy atom. The molecule has 1 aliphatic rings. The van der Waals surface area contributed by atoms with Crippen LogP contribution >= 0.6 is 0 Å². The van der Waals surface area contributed by atoms with Crippen LogP contribution in [0.1, 0.15) is 42.5 Å². The molecule has 154 valence electrons. The van der Waals surface area contributed by atoms with Gasteiger partial charge in [-0.05, 0) is 49.4 Å². The zero-order valence-electron chi connectivity index (χ0n) is 17.0. The Morgan fingerprint density at radius 1 is 1.10 bits per heavy atom. The van der Waals surface area contributed by atoms with Gasteiger partial charge in [-0.1, -0.05) is 42.5 Å². The highest BCUT2D eigenvalue weighted by Gasteiger charge is 2.35. The van der Waals surface area contributed by atoms with Crippen molar-refractivity contribution in [3.63, 3.8) is 0 Å². The lowest BCUT2D eigenvalue weighted by molar-refractivity contribution is -0.126. The van der Waals surface area contributed by atoms with Crippen molar-refractivity contribution in [1.29, 1.82) is 0 Å². The number of benzene rings is 2. The van der Waals surface area contributed by atoms with Crippen LogP contribution in [0.3, 0.4) is 0 Å². The Morgan fingerprint density at radius 3 is 2.55 bits per heavy atom. The lowest BCUT2D eigenvalue weighted by Crippen LogP contribution is -2.50. The number of hydrogen-bond donors (Lipinski definition) is 2. The van der Waals surface area contributed by atoms with E-state index in [2.05, 4.69) is 10.6 Å². The molecule has 1 saturated heterocycles. The summed E-state index contributed by atoms with van der Waals surface area (Å²) in [4.78, 5) is 27.1. The molecule has 29 heavy (non-hydrogen) atoms. The van der Waals surface area contributed by atoms with Crippen LogP contribution in [0.15, 0.2) is 48.5 Å². The first-order chi connectivity index (χ1) is 14.0. The fourth-order valence-corrected chi connectivity index (χ4v) is 3.81. The van der Waals surface area contributed by atoms with Gasteiger partial charge in [-0.15, -0.1) is 0 Å². The number of amides is 3. The van der Waals surface area contributed by atoms with Crippen LogP contribution < -0.4 is 10.6 Å². The average molecular weight is 397 g/mol. The molecule has 5 nitrogen and oxygen atoms in total. The smallest absolute Gasteiger partial charge is 0.317 e. The number of rotatable bonds is 5. The van der Waals surface area contributed by atoms with E-state index >= 15 is 0 Å². The van der Waals surface area contributed by atoms with Gasteiger partial charge in [-0.2, -0.15) is 0 Å². The Hall–Kier alpha value is -2.89. The van der Waals surface area contributed by atoms with Gasteiger partial charge >= 0.3 is 6.03 Å². The van der Waals surface area contributed by atoms with Crippen LogP contribution in [-0.4, -0.2) is 29.9 Å². The number of halogens is 1. The molecule has 2 atom stereocenters. The fraction of sp³-hybridized carbons (Fsp3) is 0.391. The maximum absolute atomic E-state index is 13.7. The van der Waals surface area contributed by atoms with E-state index in [0.717, 1.165) is 11.1 Å². The third-order valence-electron chi connectivity index (χ3n) is 5.42. The van der Waals surface area contributed by atoms with E-state index in [1.807, 2.05) is 37.3 Å². The van der Waals surface area contributed by atoms with Crippen molar-refractivity contribution < 1.29 is 14.0 Å². The summed E-state index contributed by atoms with van der Waals surface area (Å²) in [5.74, 6) is -0.566. The van der Waals surface area contributed by atoms with Crippen molar-refractivity contribution in [1.82, 2.24) is 15.5 Å². The molecule has 0 bridgehead atoms. The van der Waals surface area contributed by atoms with E-state index in [9.17, 15) is 14.0 Å². The molecule has 0 aromatic heterocycles. The number of carbonyl (C=O) groups is 2. The first-order valence-electron chi connectivity index (χ1n) is 10.1. The van der Waals surface area contributed by atoms with E-state index in [4.69, 9.17) is 0 Å². The molecule has 1 heterocycles. The van der Waals surface area contributed by atoms with Crippen LogP contribution in [0.2, 0.25) is 0 Å². The van der Waals surface area contributed by atoms with E-state index in [1.165, 1.54) is 6.07 Å². The second-order valence-electron chi connectivity index (χ2n) is 7.49. The molecule has 0 aliphatic carbocycles. The summed E-state index contributed by atoms with van der Waals surface area (Å²) >= 11 is 0. The Bertz CT molecular complexity index is 856. The van der Waals surface area contributed by atoms with Crippen molar-refractivity contribution in [2.24, 2.45) is 5.92 Å². The molecule has 2 aromatic carbocycles. The Kier molecular flexibility index (Phi) is 6.86. The van der Waals surface area contributed by atoms with Crippen molar-refractivity contribution in [3.8, 4) is 0 Å². The topological polar surface area (TPSA) is 61.4 Å². The number of nitrogens with zero attached hydrogens (tertiary/aromatic N) is 1. The molecule has 0 radical (unpaired) electrons. The van der Waals surface area contributed by atoms with Crippen LogP contribution in [0.5, 0.6) is 0 Å². The summed E-state index contributed by atoms with van der Waals surface area (Å²) in [6, 6.07) is 14.4. The molecule has 3 rings (SSSR count). The van der Waals surface area contributed by atoms with E-state index < -0.39 is 0 Å². The molecular weight excluding hydrogens is 369 g/mol. The summed E-state index contributed by atoms with van der Waals surface area (Å²) in [6.45, 7) is 4.90. The molecule has 3 amide bonds. The number of piperidine rings is 1. The van der Waals surface area contributed by atoms with E-state index in [1.54, 1.807) is 24.0 Å². The van der Waals surface area contributed by atoms with Gasteiger partial charge < -0.3 is 15.5 Å². The van der Waals surface area contributed by atoms with Gasteiger partial charge in [0.1, 0.15) is 5.82 Å². The average Bonchev–Trinajstić information content (AvgIpc) is 2.74. The van der Waals surface area contributed by atoms with Gasteiger partial charge in [-0.25, -0.2) is 9.18 Å². The second-order valence-corrected chi connectivity index (χ2v) is 7.49. The van der Waals surface area contributed by atoms with Crippen LogP contribution in [0.25, 0.3) is 0 Å². The molecule has 2 aromatic rings. The minimum Gasteiger partial charge on any atom is -0.352 e. The molecular formula is C23H28FN3O2. The van der Waals surface area contributed by atoms with Gasteiger partial charge in [0.25, 0.3) is 0 Å². The van der Waals surface area contributed by atoms with Crippen LogP contribution in [0.4, 0.5) is 9.18 Å². The quantitative estimate of drug-likeness (QED) is 0.803. The summed E-state index contributed by atoms with van der Waals surface area (Å²) in [5.41, 5.74) is 2.50. The first-order valence-corrected chi connectivity index (χ1v) is 10.1. The molecule has 6 heteroatoms. The van der Waals surface area contributed by atoms with Gasteiger partial charge in [0.05, 0.1) is 12.0 Å². The van der Waals surface area contributed by atoms with Crippen molar-refractivity contribution >= 4 is 11.9 Å². The largest absolute Gasteiger partial charge is 0.352 e. The molecule has 0 unspecified atom stereocenters. The number of carbonyl (C=O) groups excluding carboxylic acids is 2. The molecule has 1 fully saturated rings. The van der Waals surface area contributed by atoms with Crippen LogP contribution in [-0.2, 0) is 11.3 Å². The van der Waals surface area contributed by atoms with E-state index in [-0.39, 0.29) is 29.7 Å². The molecule has 2 N–H and O–H groups in total. The van der Waals surface area contributed by atoms with Crippen molar-refractivity contribution in [2.75, 3.05) is 13.1 Å². The lowest BCUT2D eigenvalue weighted by atomic mass is 9.88. The number of likely N-dealkylation sites (tertiary alicyclic amines) is 1. The summed E-state index contributed by atoms with van der Waals surface area (Å²) in [6.07, 6.45) is 1.34. The SMILES string of the molecule is CCNC(=O)N1C[C@H](C(=O)NCc2ccccc2)CC[C@H]1c1ccc(F)c(C)c1. The van der Waals surface area contributed by atoms with Crippen LogP contribution in [0, 0.1) is 18.7 Å². The highest BCUT2D eigenvalue weighted by molar-refractivity contribution is 5.81. The normalized spacial score (nSPS) is 18.9. The molecule has 0 spiro atoms. The number of nitrogens with one attached hydrogen (secondary N) is 2. The van der Waals surface area contributed by atoms with Gasteiger partial charge in [-0.3, -0.25) is 4.79 Å². The third-order valence-corrected chi connectivity index (χ3v) is 5.42. The highest BCUT2D eigenvalue weighted by Crippen LogP contribution is 2.34. The maximum atomic E-state index is 13.7. The predicted octanol–water partition coefficient (Wildman–Crippen LogP) is 3.93. The predicted molar refractivity (Wildman–Crippen MR) is 111 cm³/mol. The summed E-state index contributed by atoms with van der Waals surface area (Å²) in [5, 5.41) is 5.82. The third kappa shape index (κ3) is 5.13. The van der Waals surface area contributed by atoms with Gasteiger partial charge in [0, 0.05) is 19.6 Å². The zero-order valence-corrected chi connectivity index (χ0v) is 17.0. The maximum Gasteiger partial charge on any atom is 0.317 e. The van der Waals surface area contributed by atoms with Crippen molar-refractivity contribution in [2.45, 2.75) is 39.3 Å². The number of urea groups is 1. The fourth-order valence-electron chi connectivity index (χ4n) is 3.81. The van der Waals surface area contributed by atoms with Crippen molar-refractivity contribution in [3.05, 3.63) is 71.0 Å². The zero-order chi connectivity index (χ0) is 20.8. The number of aryl methyl sites for hydroxylation is 1. The Labute approximate surface area is 171 Å². The number of hydrogen-bond acceptors (Lipinski definition) is 2. The van der Waals surface area contributed by atoms with Gasteiger partial charge in [0.2, 0.25) is 5.91 Å².